The third kappa shape index (κ3) is 1.60. The average Bonchev–Trinajstić information content (AvgIpc) is 2.71. The van der Waals surface area contributed by atoms with Crippen LogP contribution in [0.2, 0.25) is 0 Å². The zero-order valence-electron chi connectivity index (χ0n) is 12.7. The van der Waals surface area contributed by atoms with Gasteiger partial charge in [-0.1, -0.05) is 31.2 Å². The second kappa shape index (κ2) is 3.87. The van der Waals surface area contributed by atoms with Crippen molar-refractivity contribution in [3.8, 4) is 6.07 Å². The Balaban J connectivity index is 1.80. The number of nitrogens with zero attached hydrogens (tertiary/aromatic N) is 1. The third-order valence-electron chi connectivity index (χ3n) is 5.44. The lowest BCUT2D eigenvalue weighted by molar-refractivity contribution is 0.187. The molecule has 0 bridgehead atoms. The summed E-state index contributed by atoms with van der Waals surface area (Å²) >= 11 is 0. The van der Waals surface area contributed by atoms with Gasteiger partial charge in [0.25, 0.3) is 0 Å². The Labute approximate surface area is 121 Å². The monoisotopic (exact) mass is 269 g/mol. The van der Waals surface area contributed by atoms with Gasteiger partial charge in [0.2, 0.25) is 0 Å². The van der Waals surface area contributed by atoms with Crippen LogP contribution in [0, 0.1) is 17.2 Å². The highest BCUT2D eigenvalue weighted by molar-refractivity contribution is 6.62. The van der Waals surface area contributed by atoms with Crippen LogP contribution in [0.4, 0.5) is 0 Å². The summed E-state index contributed by atoms with van der Waals surface area (Å²) in [5.74, 6) is 0.433. The summed E-state index contributed by atoms with van der Waals surface area (Å²) in [6, 6.07) is 10.3. The maximum absolute atomic E-state index is 9.17. The van der Waals surface area contributed by atoms with Gasteiger partial charge in [0, 0.05) is 5.92 Å². The highest BCUT2D eigenvalue weighted by Gasteiger charge is 2.77. The summed E-state index contributed by atoms with van der Waals surface area (Å²) in [5, 5.41) is 9.17. The van der Waals surface area contributed by atoms with Crippen LogP contribution in [-0.4, -0.2) is 18.3 Å². The molecule has 1 heterocycles. The Kier molecular flexibility index (Phi) is 2.65. The zero-order valence-corrected chi connectivity index (χ0v) is 12.7. The molecule has 1 saturated heterocycles. The predicted octanol–water partition coefficient (Wildman–Crippen LogP) is 2.40. The Morgan fingerprint density at radius 2 is 1.65 bits per heavy atom. The number of hydrogen-bond donors (Lipinski definition) is 0. The van der Waals surface area contributed by atoms with E-state index in [0.29, 0.717) is 5.92 Å². The van der Waals surface area contributed by atoms with Gasteiger partial charge >= 0.3 is 7.12 Å². The van der Waals surface area contributed by atoms with E-state index in [-0.39, 0.29) is 18.3 Å². The molecule has 4 heteroatoms. The molecule has 1 aliphatic heterocycles. The maximum Gasteiger partial charge on any atom is 0.494 e. The molecule has 0 amide bonds. The summed E-state index contributed by atoms with van der Waals surface area (Å²) in [6.45, 7) is 10.2. The van der Waals surface area contributed by atoms with Crippen molar-refractivity contribution in [2.45, 2.75) is 51.2 Å². The van der Waals surface area contributed by atoms with Crippen LogP contribution in [-0.2, 0) is 14.7 Å². The van der Waals surface area contributed by atoms with Gasteiger partial charge in [-0.15, -0.1) is 0 Å². The minimum atomic E-state index is -0.468. The summed E-state index contributed by atoms with van der Waals surface area (Å²) in [6.07, 6.45) is 0. The van der Waals surface area contributed by atoms with Gasteiger partial charge in [0.15, 0.2) is 0 Å². The molecule has 0 radical (unpaired) electrons. The van der Waals surface area contributed by atoms with E-state index in [4.69, 9.17) is 14.6 Å². The van der Waals surface area contributed by atoms with E-state index in [0.717, 1.165) is 11.0 Å². The molecule has 20 heavy (non-hydrogen) atoms. The van der Waals surface area contributed by atoms with Crippen molar-refractivity contribution in [3.05, 3.63) is 29.8 Å². The first-order valence-corrected chi connectivity index (χ1v) is 7.12. The molecule has 1 aromatic rings. The standard InChI is InChI=1S/C16H20BNO2/c1-11-15(4)16(11,5)20-17(19-15)13-8-6-12(7-9-13)14(2,3)10-18/h6-9,11H,1-5H3. The number of rotatable bonds is 2. The SMILES string of the molecule is CC1C2(C)OB(c3ccc(C(C)(C)C#N)cc3)OC12C. The van der Waals surface area contributed by atoms with Crippen molar-refractivity contribution in [2.75, 3.05) is 0 Å². The smallest absolute Gasteiger partial charge is 0.399 e. The largest absolute Gasteiger partial charge is 0.494 e. The van der Waals surface area contributed by atoms with Gasteiger partial charge in [-0.2, -0.15) is 5.26 Å². The molecule has 0 spiro atoms. The molecule has 0 N–H and O–H groups in total. The zero-order chi connectivity index (χ0) is 14.8. The van der Waals surface area contributed by atoms with E-state index in [1.165, 1.54) is 0 Å². The lowest BCUT2D eigenvalue weighted by Gasteiger charge is -2.18. The lowest BCUT2D eigenvalue weighted by Crippen LogP contribution is -2.37. The van der Waals surface area contributed by atoms with Crippen LogP contribution in [0.1, 0.15) is 40.2 Å². The van der Waals surface area contributed by atoms with E-state index in [1.54, 1.807) is 0 Å². The normalized spacial score (nSPS) is 35.6. The Morgan fingerprint density at radius 3 is 2.10 bits per heavy atom. The second-order valence-electron chi connectivity index (χ2n) is 6.86. The lowest BCUT2D eigenvalue weighted by atomic mass is 9.76. The highest BCUT2D eigenvalue weighted by atomic mass is 16.7. The van der Waals surface area contributed by atoms with Crippen molar-refractivity contribution in [1.29, 1.82) is 5.26 Å². The molecule has 2 aliphatic rings. The summed E-state index contributed by atoms with van der Waals surface area (Å²) in [4.78, 5) is 0. The Bertz CT molecular complexity index is 573. The summed E-state index contributed by atoms with van der Waals surface area (Å²) in [7, 11) is -0.291. The summed E-state index contributed by atoms with van der Waals surface area (Å²) in [5.41, 5.74) is 1.23. The van der Waals surface area contributed by atoms with Gasteiger partial charge in [-0.25, -0.2) is 0 Å². The molecule has 1 aromatic carbocycles. The van der Waals surface area contributed by atoms with Gasteiger partial charge in [-0.3, -0.25) is 0 Å². The fourth-order valence-electron chi connectivity index (χ4n) is 3.14. The Morgan fingerprint density at radius 1 is 1.15 bits per heavy atom. The Hall–Kier alpha value is -1.31. The van der Waals surface area contributed by atoms with Crippen molar-refractivity contribution in [3.63, 3.8) is 0 Å². The first kappa shape index (κ1) is 13.7. The van der Waals surface area contributed by atoms with Crippen molar-refractivity contribution in [1.82, 2.24) is 0 Å². The molecule has 3 nitrogen and oxygen atoms in total. The minimum absolute atomic E-state index is 0.164. The van der Waals surface area contributed by atoms with Crippen molar-refractivity contribution >= 4 is 12.6 Å². The van der Waals surface area contributed by atoms with Gasteiger partial charge in [-0.05, 0) is 38.7 Å². The molecular weight excluding hydrogens is 249 g/mol. The topological polar surface area (TPSA) is 42.2 Å². The fourth-order valence-corrected chi connectivity index (χ4v) is 3.14. The summed E-state index contributed by atoms with van der Waals surface area (Å²) < 4.78 is 12.2. The fraction of sp³-hybridized carbons (Fsp3) is 0.562. The number of benzene rings is 1. The quantitative estimate of drug-likeness (QED) is 0.774. The molecule has 2 atom stereocenters. The molecule has 2 fully saturated rings. The van der Waals surface area contributed by atoms with E-state index in [2.05, 4.69) is 26.8 Å². The third-order valence-corrected chi connectivity index (χ3v) is 5.44. The van der Waals surface area contributed by atoms with Crippen LogP contribution in [0.5, 0.6) is 0 Å². The first-order chi connectivity index (χ1) is 9.24. The van der Waals surface area contributed by atoms with Gasteiger partial charge < -0.3 is 9.31 Å². The molecule has 2 unspecified atom stereocenters. The number of hydrogen-bond acceptors (Lipinski definition) is 3. The predicted molar refractivity (Wildman–Crippen MR) is 78.6 cm³/mol. The molecule has 3 rings (SSSR count). The van der Waals surface area contributed by atoms with Crippen LogP contribution in [0.3, 0.4) is 0 Å². The number of fused-ring (bicyclic) bond motifs is 1. The van der Waals surface area contributed by atoms with Crippen LogP contribution < -0.4 is 5.46 Å². The molecule has 1 aliphatic carbocycles. The van der Waals surface area contributed by atoms with Crippen LogP contribution >= 0.6 is 0 Å². The van der Waals surface area contributed by atoms with Crippen molar-refractivity contribution in [2.24, 2.45) is 5.92 Å². The average molecular weight is 269 g/mol. The van der Waals surface area contributed by atoms with Crippen LogP contribution in [0.25, 0.3) is 0 Å². The van der Waals surface area contributed by atoms with Gasteiger partial charge in [0.05, 0.1) is 22.7 Å². The van der Waals surface area contributed by atoms with E-state index in [9.17, 15) is 0 Å². The second-order valence-corrected chi connectivity index (χ2v) is 6.86. The maximum atomic E-state index is 9.17. The molecule has 1 saturated carbocycles. The number of nitriles is 1. The van der Waals surface area contributed by atoms with Gasteiger partial charge in [0.1, 0.15) is 0 Å². The van der Waals surface area contributed by atoms with E-state index >= 15 is 0 Å². The molecule has 0 aromatic heterocycles. The van der Waals surface area contributed by atoms with Crippen molar-refractivity contribution < 1.29 is 9.31 Å². The molecule has 104 valence electrons. The minimum Gasteiger partial charge on any atom is -0.399 e. The first-order valence-electron chi connectivity index (χ1n) is 7.12. The highest BCUT2D eigenvalue weighted by Crippen LogP contribution is 2.63. The van der Waals surface area contributed by atoms with Crippen LogP contribution in [0.15, 0.2) is 24.3 Å². The molecular formula is C16H20BNO2. The van der Waals surface area contributed by atoms with E-state index < -0.39 is 5.41 Å². The van der Waals surface area contributed by atoms with E-state index in [1.807, 2.05) is 38.1 Å².